The van der Waals surface area contributed by atoms with E-state index in [0.717, 1.165) is 54.6 Å². The summed E-state index contributed by atoms with van der Waals surface area (Å²) in [5, 5.41) is 17.5. The van der Waals surface area contributed by atoms with Gasteiger partial charge < -0.3 is 20.5 Å². The number of aryl methyl sites for hydroxylation is 1. The molecule has 0 radical (unpaired) electrons. The highest BCUT2D eigenvalue weighted by Crippen LogP contribution is 2.45. The first-order valence-electron chi connectivity index (χ1n) is 10.5. The predicted octanol–water partition coefficient (Wildman–Crippen LogP) is 3.96. The van der Waals surface area contributed by atoms with Crippen molar-refractivity contribution >= 4 is 33.5 Å². The Labute approximate surface area is 175 Å². The topological polar surface area (TPSA) is 96.4 Å². The Hall–Kier alpha value is -1.93. The largest absolute Gasteiger partial charge is 0.444 e. The summed E-state index contributed by atoms with van der Waals surface area (Å²) in [4.78, 5) is 23.4. The number of fused-ring (bicyclic) bond motifs is 3. The maximum Gasteiger partial charge on any atom is 0.407 e. The van der Waals surface area contributed by atoms with Crippen LogP contribution in [0.4, 0.5) is 10.6 Å². The van der Waals surface area contributed by atoms with E-state index in [2.05, 4.69) is 20.6 Å². The maximum atomic E-state index is 12.0. The number of aromatic nitrogens is 2. The van der Waals surface area contributed by atoms with E-state index >= 15 is 0 Å². The van der Waals surface area contributed by atoms with Gasteiger partial charge in [-0.3, -0.25) is 0 Å². The van der Waals surface area contributed by atoms with Crippen molar-refractivity contribution in [2.45, 2.75) is 82.9 Å². The minimum Gasteiger partial charge on any atom is -0.444 e. The molecule has 7 nitrogen and oxygen atoms in total. The van der Waals surface area contributed by atoms with E-state index in [1.54, 1.807) is 17.7 Å². The summed E-state index contributed by atoms with van der Waals surface area (Å²) in [6.07, 6.45) is 7.04. The number of nitrogens with one attached hydrogen (secondary N) is 2. The van der Waals surface area contributed by atoms with Crippen LogP contribution in [0.15, 0.2) is 6.33 Å². The molecule has 0 aromatic carbocycles. The van der Waals surface area contributed by atoms with Gasteiger partial charge in [-0.2, -0.15) is 0 Å². The number of carbonyl (C=O) groups excluding carboxylic acids is 1. The highest BCUT2D eigenvalue weighted by Gasteiger charge is 2.30. The molecule has 158 valence electrons. The summed E-state index contributed by atoms with van der Waals surface area (Å²) < 4.78 is 5.36. The fourth-order valence-corrected chi connectivity index (χ4v) is 5.65. The zero-order valence-electron chi connectivity index (χ0n) is 17.3. The number of carbonyl (C=O) groups is 1. The van der Waals surface area contributed by atoms with E-state index in [0.29, 0.717) is 6.04 Å². The van der Waals surface area contributed by atoms with Crippen molar-refractivity contribution in [3.8, 4) is 0 Å². The molecule has 1 amide bonds. The fourth-order valence-electron chi connectivity index (χ4n) is 4.41. The zero-order valence-corrected chi connectivity index (χ0v) is 18.1. The Kier molecular flexibility index (Phi) is 5.66. The van der Waals surface area contributed by atoms with Gasteiger partial charge in [0, 0.05) is 22.9 Å². The van der Waals surface area contributed by atoms with Gasteiger partial charge in [0.1, 0.15) is 22.6 Å². The molecule has 0 bridgehead atoms. The van der Waals surface area contributed by atoms with Gasteiger partial charge in [-0.1, -0.05) is 0 Å². The summed E-state index contributed by atoms with van der Waals surface area (Å²) in [7, 11) is 0. The molecule has 1 atom stereocenters. The van der Waals surface area contributed by atoms with Crippen molar-refractivity contribution in [1.29, 1.82) is 0 Å². The summed E-state index contributed by atoms with van der Waals surface area (Å²) in [5.74, 6) is 1.08. The highest BCUT2D eigenvalue weighted by atomic mass is 32.1. The summed E-state index contributed by atoms with van der Waals surface area (Å²) in [5.41, 5.74) is 0.768. The zero-order chi connectivity index (χ0) is 20.6. The Bertz CT molecular complexity index is 884. The van der Waals surface area contributed by atoms with Gasteiger partial charge in [0.05, 0.1) is 12.0 Å². The van der Waals surface area contributed by atoms with Crippen LogP contribution in [0.5, 0.6) is 0 Å². The smallest absolute Gasteiger partial charge is 0.407 e. The van der Waals surface area contributed by atoms with Crippen LogP contribution in [0.25, 0.3) is 10.2 Å². The number of aliphatic hydroxyl groups is 1. The van der Waals surface area contributed by atoms with Crippen molar-refractivity contribution in [2.75, 3.05) is 11.9 Å². The molecule has 0 unspecified atom stereocenters. The number of hydrogen-bond acceptors (Lipinski definition) is 7. The molecule has 2 aromatic rings. The van der Waals surface area contributed by atoms with E-state index < -0.39 is 5.60 Å². The van der Waals surface area contributed by atoms with E-state index in [1.807, 2.05) is 20.8 Å². The SMILES string of the molecule is CC(C)(C)OC(=O)NC1CCC(Nc2ncnc3sc4c(c23)[C@@H](CO)CC4)CC1. The molecule has 2 aliphatic carbocycles. The average Bonchev–Trinajstić information content (AvgIpc) is 3.20. The number of rotatable bonds is 4. The first-order valence-corrected chi connectivity index (χ1v) is 11.3. The van der Waals surface area contributed by atoms with Gasteiger partial charge in [0.15, 0.2) is 0 Å². The van der Waals surface area contributed by atoms with Crippen LogP contribution in [-0.2, 0) is 11.2 Å². The molecule has 0 saturated heterocycles. The average molecular weight is 419 g/mol. The third-order valence-corrected chi connectivity index (χ3v) is 6.91. The second-order valence-corrected chi connectivity index (χ2v) is 10.2. The Morgan fingerprint density at radius 3 is 2.62 bits per heavy atom. The van der Waals surface area contributed by atoms with Crippen molar-refractivity contribution in [3.05, 3.63) is 16.8 Å². The Morgan fingerprint density at radius 1 is 1.21 bits per heavy atom. The lowest BCUT2D eigenvalue weighted by molar-refractivity contribution is 0.0492. The van der Waals surface area contributed by atoms with E-state index in [9.17, 15) is 9.90 Å². The minimum atomic E-state index is -0.478. The number of aliphatic hydroxyl groups excluding tert-OH is 1. The molecule has 2 heterocycles. The van der Waals surface area contributed by atoms with E-state index in [1.165, 1.54) is 10.4 Å². The first kappa shape index (κ1) is 20.3. The quantitative estimate of drug-likeness (QED) is 0.695. The number of nitrogens with zero attached hydrogens (tertiary/aromatic N) is 2. The molecule has 3 N–H and O–H groups in total. The standard InChI is InChI=1S/C21H30N4O3S/c1-21(2,3)28-20(27)25-14-7-5-13(6-8-14)24-18-17-16-12(10-26)4-9-15(16)29-19(17)23-11-22-18/h11-14,26H,4-10H2,1-3H3,(H,25,27)(H,22,23,24)/t12-,13?,14?/m1/s1. The number of alkyl carbamates (subject to hydrolysis) is 1. The van der Waals surface area contributed by atoms with Crippen LogP contribution in [-0.4, -0.2) is 45.5 Å². The number of anilines is 1. The van der Waals surface area contributed by atoms with Crippen LogP contribution in [0.1, 0.15) is 69.2 Å². The molecule has 2 aromatic heterocycles. The molecule has 2 aliphatic rings. The third-order valence-electron chi connectivity index (χ3n) is 5.74. The van der Waals surface area contributed by atoms with Gasteiger partial charge in [-0.15, -0.1) is 11.3 Å². The molecule has 8 heteroatoms. The molecule has 0 aliphatic heterocycles. The first-order chi connectivity index (χ1) is 13.8. The summed E-state index contributed by atoms with van der Waals surface area (Å²) in [6, 6.07) is 0.465. The van der Waals surface area contributed by atoms with Gasteiger partial charge in [-0.05, 0) is 64.9 Å². The lowest BCUT2D eigenvalue weighted by Crippen LogP contribution is -2.42. The van der Waals surface area contributed by atoms with Crippen molar-refractivity contribution < 1.29 is 14.6 Å². The van der Waals surface area contributed by atoms with Gasteiger partial charge in [0.25, 0.3) is 0 Å². The molecule has 1 fully saturated rings. The highest BCUT2D eigenvalue weighted by molar-refractivity contribution is 7.19. The predicted molar refractivity (Wildman–Crippen MR) is 115 cm³/mol. The molecular formula is C21H30N4O3S. The molecule has 1 saturated carbocycles. The summed E-state index contributed by atoms with van der Waals surface area (Å²) in [6.45, 7) is 5.80. The second kappa shape index (κ2) is 8.07. The molecule has 29 heavy (non-hydrogen) atoms. The second-order valence-electron chi connectivity index (χ2n) is 9.10. The van der Waals surface area contributed by atoms with Crippen LogP contribution in [0, 0.1) is 0 Å². The fraction of sp³-hybridized carbons (Fsp3) is 0.667. The van der Waals surface area contributed by atoms with Crippen LogP contribution in [0.3, 0.4) is 0 Å². The van der Waals surface area contributed by atoms with Crippen LogP contribution >= 0.6 is 11.3 Å². The Morgan fingerprint density at radius 2 is 1.93 bits per heavy atom. The number of hydrogen-bond donors (Lipinski definition) is 3. The summed E-state index contributed by atoms with van der Waals surface area (Å²) >= 11 is 1.73. The third kappa shape index (κ3) is 4.48. The monoisotopic (exact) mass is 418 g/mol. The number of amides is 1. The van der Waals surface area contributed by atoms with E-state index in [4.69, 9.17) is 4.74 Å². The Balaban J connectivity index is 1.40. The lowest BCUT2D eigenvalue weighted by Gasteiger charge is -2.31. The minimum absolute atomic E-state index is 0.150. The van der Waals surface area contributed by atoms with Gasteiger partial charge in [-0.25, -0.2) is 14.8 Å². The maximum absolute atomic E-state index is 12.0. The molecule has 0 spiro atoms. The van der Waals surface area contributed by atoms with Crippen molar-refractivity contribution in [2.24, 2.45) is 0 Å². The van der Waals surface area contributed by atoms with Crippen LogP contribution < -0.4 is 10.6 Å². The molecular weight excluding hydrogens is 388 g/mol. The molecule has 4 rings (SSSR count). The van der Waals surface area contributed by atoms with Gasteiger partial charge in [0.2, 0.25) is 0 Å². The van der Waals surface area contributed by atoms with Crippen LogP contribution in [0.2, 0.25) is 0 Å². The van der Waals surface area contributed by atoms with Gasteiger partial charge >= 0.3 is 6.09 Å². The van der Waals surface area contributed by atoms with Crippen molar-refractivity contribution in [3.63, 3.8) is 0 Å². The van der Waals surface area contributed by atoms with Crippen molar-refractivity contribution in [1.82, 2.24) is 15.3 Å². The number of ether oxygens (including phenoxy) is 1. The number of thiophene rings is 1. The normalized spacial score (nSPS) is 24.3. The van der Waals surface area contributed by atoms with E-state index in [-0.39, 0.29) is 24.7 Å². The lowest BCUT2D eigenvalue weighted by atomic mass is 9.91.